The first-order valence-electron chi connectivity index (χ1n) is 5.90. The number of carbonyl (C=O) groups excluding carboxylic acids is 1. The second-order valence-corrected chi connectivity index (χ2v) is 4.04. The summed E-state index contributed by atoms with van der Waals surface area (Å²) in [6.45, 7) is 5.80. The van der Waals surface area contributed by atoms with Crippen LogP contribution in [-0.2, 0) is 4.74 Å². The molecule has 0 fully saturated rings. The maximum atomic E-state index is 11.6. The summed E-state index contributed by atoms with van der Waals surface area (Å²) in [6, 6.07) is 8.85. The molecule has 0 aromatic heterocycles. The second-order valence-electron chi connectivity index (χ2n) is 4.04. The molecule has 0 amide bonds. The van der Waals surface area contributed by atoms with E-state index in [4.69, 9.17) is 10.5 Å². The number of benzene rings is 1. The highest BCUT2D eigenvalue weighted by atomic mass is 16.5. The molecule has 18 heavy (non-hydrogen) atoms. The van der Waals surface area contributed by atoms with Crippen molar-refractivity contribution >= 4 is 5.97 Å². The molecule has 0 saturated heterocycles. The number of rotatable bonds is 6. The molecule has 0 aliphatic rings. The van der Waals surface area contributed by atoms with Crippen LogP contribution in [0.3, 0.4) is 0 Å². The molecule has 1 rings (SSSR count). The van der Waals surface area contributed by atoms with Crippen molar-refractivity contribution in [3.63, 3.8) is 0 Å². The Balaban J connectivity index is 2.44. The van der Waals surface area contributed by atoms with Crippen molar-refractivity contribution in [3.05, 3.63) is 60.2 Å². The zero-order chi connectivity index (χ0) is 13.4. The molecular formula is C15H19NO2. The molecule has 0 unspecified atom stereocenters. The Morgan fingerprint density at radius 1 is 1.44 bits per heavy atom. The summed E-state index contributed by atoms with van der Waals surface area (Å²) in [5.41, 5.74) is 7.43. The van der Waals surface area contributed by atoms with Crippen LogP contribution in [0.5, 0.6) is 0 Å². The zero-order valence-electron chi connectivity index (χ0n) is 10.6. The van der Waals surface area contributed by atoms with E-state index in [0.29, 0.717) is 5.56 Å². The fourth-order valence-corrected chi connectivity index (χ4v) is 1.42. The predicted octanol–water partition coefficient (Wildman–Crippen LogP) is 2.69. The van der Waals surface area contributed by atoms with E-state index in [2.05, 4.69) is 6.58 Å². The number of carbonyl (C=O) groups is 1. The first-order valence-corrected chi connectivity index (χ1v) is 5.90. The standard InChI is InChI=1S/C15H19NO2/c1-3-7-14(16)12(2)10-11-18-15(17)13-8-5-4-6-9-13/h3-6,8-10,14H,1,7,11,16H2,2H3/b12-10+/t14-/m0/s1. The number of hydrogen-bond acceptors (Lipinski definition) is 3. The van der Waals surface area contributed by atoms with Gasteiger partial charge in [-0.2, -0.15) is 0 Å². The highest BCUT2D eigenvalue weighted by molar-refractivity contribution is 5.89. The molecule has 0 aliphatic heterocycles. The minimum atomic E-state index is -0.322. The van der Waals surface area contributed by atoms with Crippen LogP contribution in [-0.4, -0.2) is 18.6 Å². The maximum Gasteiger partial charge on any atom is 0.338 e. The predicted molar refractivity (Wildman–Crippen MR) is 73.3 cm³/mol. The van der Waals surface area contributed by atoms with Crippen LogP contribution < -0.4 is 5.73 Å². The molecule has 2 N–H and O–H groups in total. The third-order valence-corrected chi connectivity index (χ3v) is 2.63. The first kappa shape index (κ1) is 14.2. The van der Waals surface area contributed by atoms with Crippen molar-refractivity contribution in [2.24, 2.45) is 5.73 Å². The maximum absolute atomic E-state index is 11.6. The summed E-state index contributed by atoms with van der Waals surface area (Å²) in [4.78, 5) is 11.6. The summed E-state index contributed by atoms with van der Waals surface area (Å²) in [5, 5.41) is 0. The Bertz CT molecular complexity index is 423. The van der Waals surface area contributed by atoms with Crippen molar-refractivity contribution in [2.45, 2.75) is 19.4 Å². The highest BCUT2D eigenvalue weighted by Gasteiger charge is 2.05. The van der Waals surface area contributed by atoms with Crippen LogP contribution in [0, 0.1) is 0 Å². The fourth-order valence-electron chi connectivity index (χ4n) is 1.42. The summed E-state index contributed by atoms with van der Waals surface area (Å²) >= 11 is 0. The summed E-state index contributed by atoms with van der Waals surface area (Å²) in [6.07, 6.45) is 4.32. The molecule has 1 atom stereocenters. The smallest absolute Gasteiger partial charge is 0.338 e. The van der Waals surface area contributed by atoms with Gasteiger partial charge in [-0.05, 0) is 31.6 Å². The number of ether oxygens (including phenoxy) is 1. The number of esters is 1. The largest absolute Gasteiger partial charge is 0.458 e. The fraction of sp³-hybridized carbons (Fsp3) is 0.267. The second kappa shape index (κ2) is 7.45. The van der Waals surface area contributed by atoms with Crippen molar-refractivity contribution < 1.29 is 9.53 Å². The lowest BCUT2D eigenvalue weighted by molar-refractivity contribution is 0.0548. The van der Waals surface area contributed by atoms with Gasteiger partial charge in [-0.3, -0.25) is 0 Å². The molecule has 1 aromatic carbocycles. The molecule has 3 heteroatoms. The number of hydrogen-bond donors (Lipinski definition) is 1. The minimum Gasteiger partial charge on any atom is -0.458 e. The van der Waals surface area contributed by atoms with Gasteiger partial charge in [0.1, 0.15) is 6.61 Å². The lowest BCUT2D eigenvalue weighted by Crippen LogP contribution is -2.20. The number of nitrogens with two attached hydrogens (primary N) is 1. The van der Waals surface area contributed by atoms with Crippen molar-refractivity contribution in [3.8, 4) is 0 Å². The van der Waals surface area contributed by atoms with Crippen LogP contribution in [0.2, 0.25) is 0 Å². The molecule has 0 saturated carbocycles. The molecule has 1 aromatic rings. The third-order valence-electron chi connectivity index (χ3n) is 2.63. The average Bonchev–Trinajstić information content (AvgIpc) is 2.39. The van der Waals surface area contributed by atoms with Gasteiger partial charge in [0.25, 0.3) is 0 Å². The molecule has 3 nitrogen and oxygen atoms in total. The van der Waals surface area contributed by atoms with Gasteiger partial charge in [0.05, 0.1) is 5.56 Å². The van der Waals surface area contributed by atoms with Crippen LogP contribution >= 0.6 is 0 Å². The highest BCUT2D eigenvalue weighted by Crippen LogP contribution is 2.05. The summed E-state index contributed by atoms with van der Waals surface area (Å²) in [7, 11) is 0. The lowest BCUT2D eigenvalue weighted by Gasteiger charge is -2.09. The van der Waals surface area contributed by atoms with Gasteiger partial charge in [0.2, 0.25) is 0 Å². The van der Waals surface area contributed by atoms with Gasteiger partial charge in [-0.1, -0.05) is 29.8 Å². The lowest BCUT2D eigenvalue weighted by atomic mass is 10.1. The van der Waals surface area contributed by atoms with Crippen molar-refractivity contribution in [1.82, 2.24) is 0 Å². The van der Waals surface area contributed by atoms with Crippen LogP contribution in [0.4, 0.5) is 0 Å². The van der Waals surface area contributed by atoms with E-state index >= 15 is 0 Å². The Morgan fingerprint density at radius 2 is 2.11 bits per heavy atom. The summed E-state index contributed by atoms with van der Waals surface area (Å²) < 4.78 is 5.13. The van der Waals surface area contributed by atoms with Gasteiger partial charge < -0.3 is 10.5 Å². The van der Waals surface area contributed by atoms with E-state index in [1.165, 1.54) is 0 Å². The minimum absolute atomic E-state index is 0.0575. The van der Waals surface area contributed by atoms with Crippen molar-refractivity contribution in [2.75, 3.05) is 6.61 Å². The van der Waals surface area contributed by atoms with E-state index in [1.807, 2.05) is 19.1 Å². The Hall–Kier alpha value is -1.87. The monoisotopic (exact) mass is 245 g/mol. The zero-order valence-corrected chi connectivity index (χ0v) is 10.6. The molecule has 0 bridgehead atoms. The van der Waals surface area contributed by atoms with Crippen LogP contribution in [0.1, 0.15) is 23.7 Å². The SMILES string of the molecule is C=CC[C@H](N)/C(C)=C/COC(=O)c1ccccc1. The average molecular weight is 245 g/mol. The molecule has 0 spiro atoms. The van der Waals surface area contributed by atoms with Crippen molar-refractivity contribution in [1.29, 1.82) is 0 Å². The van der Waals surface area contributed by atoms with Crippen LogP contribution in [0.25, 0.3) is 0 Å². The van der Waals surface area contributed by atoms with Gasteiger partial charge in [-0.15, -0.1) is 6.58 Å². The van der Waals surface area contributed by atoms with Gasteiger partial charge in [-0.25, -0.2) is 4.79 Å². The van der Waals surface area contributed by atoms with E-state index in [9.17, 15) is 4.79 Å². The Morgan fingerprint density at radius 3 is 2.72 bits per heavy atom. The third kappa shape index (κ3) is 4.55. The van der Waals surface area contributed by atoms with Gasteiger partial charge in [0.15, 0.2) is 0 Å². The summed E-state index contributed by atoms with van der Waals surface area (Å²) in [5.74, 6) is -0.322. The molecule has 0 radical (unpaired) electrons. The van der Waals surface area contributed by atoms with Crippen LogP contribution in [0.15, 0.2) is 54.6 Å². The topological polar surface area (TPSA) is 52.3 Å². The van der Waals surface area contributed by atoms with Gasteiger partial charge in [0, 0.05) is 6.04 Å². The Kier molecular flexibility index (Phi) is 5.88. The van der Waals surface area contributed by atoms with E-state index in [-0.39, 0.29) is 18.6 Å². The van der Waals surface area contributed by atoms with E-state index in [1.54, 1.807) is 30.3 Å². The first-order chi connectivity index (χ1) is 8.65. The molecule has 96 valence electrons. The normalized spacial score (nSPS) is 12.9. The molecule has 0 heterocycles. The van der Waals surface area contributed by atoms with E-state index < -0.39 is 0 Å². The quantitative estimate of drug-likeness (QED) is 0.619. The van der Waals surface area contributed by atoms with Gasteiger partial charge >= 0.3 is 5.97 Å². The molecular weight excluding hydrogens is 226 g/mol. The van der Waals surface area contributed by atoms with E-state index in [0.717, 1.165) is 12.0 Å². The molecule has 0 aliphatic carbocycles. The Labute approximate surface area is 108 Å².